The zero-order valence-electron chi connectivity index (χ0n) is 43.1. The first-order valence-electron chi connectivity index (χ1n) is 23.9. The number of carbonyl (C=O) groups is 12. The molecule has 0 spiro atoms. The van der Waals surface area contributed by atoms with Gasteiger partial charge in [0.1, 0.15) is 36.3 Å². The van der Waals surface area contributed by atoms with Crippen LogP contribution in [0.5, 0.6) is 0 Å². The Bertz CT molecular complexity index is 1540. The predicted octanol–water partition coefficient (Wildman–Crippen LogP) is 1.94. The molecule has 0 aromatic carbocycles. The SMILES string of the molecule is COC(=O)[C@@H]1CSSC[C@@H](C(=O)OC)NC(=O)CCCCCC(=O)N[C@H](C(=O)OC)CSSC[C@@H](C(=O)OC)NC(=O)CCCCCC(=O)N[C@H](C(=O)OC)CSSC[C@@H](C(=O)OC)NC(=O)CCCCCC(=O)N1. The first kappa shape index (κ1) is 68.8. The lowest BCUT2D eigenvalue weighted by atomic mass is 10.1. The summed E-state index contributed by atoms with van der Waals surface area (Å²) < 4.78 is 29.2. The first-order valence-corrected chi connectivity index (χ1v) is 31.4. The predicted molar refractivity (Wildman–Crippen MR) is 288 cm³/mol. The molecular formula is C45H72N6O18S6. The summed E-state index contributed by atoms with van der Waals surface area (Å²) >= 11 is 0. The van der Waals surface area contributed by atoms with Gasteiger partial charge in [0.05, 0.1) is 42.7 Å². The Morgan fingerprint density at radius 1 is 0.280 bits per heavy atom. The lowest BCUT2D eigenvalue weighted by Gasteiger charge is -2.18. The van der Waals surface area contributed by atoms with Crippen LogP contribution in [-0.4, -0.2) is 185 Å². The van der Waals surface area contributed by atoms with E-state index >= 15 is 0 Å². The van der Waals surface area contributed by atoms with E-state index in [1.54, 1.807) is 0 Å². The van der Waals surface area contributed by atoms with Crippen LogP contribution in [0.4, 0.5) is 0 Å². The summed E-state index contributed by atoms with van der Waals surface area (Å²) in [6, 6.07) is -6.16. The molecule has 6 atom stereocenters. The normalized spacial score (nSPS) is 24.1. The second-order valence-corrected chi connectivity index (χ2v) is 23.9. The number of nitrogens with one attached hydrogen (secondary N) is 6. The van der Waals surface area contributed by atoms with Crippen LogP contribution in [0.3, 0.4) is 0 Å². The van der Waals surface area contributed by atoms with Crippen LogP contribution >= 0.6 is 64.8 Å². The van der Waals surface area contributed by atoms with Gasteiger partial charge in [0.2, 0.25) is 35.4 Å². The minimum absolute atomic E-state index is 0.0396. The van der Waals surface area contributed by atoms with Crippen molar-refractivity contribution in [3.8, 4) is 0 Å². The van der Waals surface area contributed by atoms with Gasteiger partial charge in [-0.15, -0.1) is 0 Å². The molecule has 1 rings (SSSR count). The molecule has 0 aliphatic carbocycles. The van der Waals surface area contributed by atoms with Crippen LogP contribution in [0.1, 0.15) is 96.3 Å². The maximum absolute atomic E-state index is 12.8. The number of hydrogen-bond acceptors (Lipinski definition) is 24. The van der Waals surface area contributed by atoms with Gasteiger partial charge in [0, 0.05) is 73.0 Å². The smallest absolute Gasteiger partial charge is 0.329 e. The van der Waals surface area contributed by atoms with Crippen LogP contribution in [0.25, 0.3) is 0 Å². The molecule has 1 aliphatic rings. The molecule has 0 saturated carbocycles. The Hall–Kier alpha value is -4.26. The number of carbonyl (C=O) groups excluding carboxylic acids is 12. The number of amides is 6. The fourth-order valence-corrected chi connectivity index (χ4v) is 13.3. The Kier molecular flexibility index (Phi) is 38.4. The Balaban J connectivity index is 3.06. The zero-order chi connectivity index (χ0) is 56.0. The molecule has 426 valence electrons. The summed E-state index contributed by atoms with van der Waals surface area (Å²) in [5, 5.41) is 15.9. The Morgan fingerprint density at radius 2 is 0.413 bits per heavy atom. The largest absolute Gasteiger partial charge is 0.467 e. The fourth-order valence-electron chi connectivity index (χ4n) is 6.40. The maximum atomic E-state index is 12.8. The number of esters is 6. The van der Waals surface area contributed by atoms with Crippen molar-refractivity contribution < 1.29 is 86.0 Å². The summed E-state index contributed by atoms with van der Waals surface area (Å²) in [7, 11) is 14.0. The summed E-state index contributed by atoms with van der Waals surface area (Å²) in [4.78, 5) is 152. The monoisotopic (exact) mass is 1180 g/mol. The topological polar surface area (TPSA) is 332 Å². The zero-order valence-corrected chi connectivity index (χ0v) is 48.0. The van der Waals surface area contributed by atoms with Crippen LogP contribution in [0.2, 0.25) is 0 Å². The van der Waals surface area contributed by atoms with Crippen molar-refractivity contribution in [1.82, 2.24) is 31.9 Å². The molecule has 75 heavy (non-hydrogen) atoms. The highest BCUT2D eigenvalue weighted by Gasteiger charge is 2.28. The molecule has 6 amide bonds. The van der Waals surface area contributed by atoms with E-state index in [9.17, 15) is 57.5 Å². The van der Waals surface area contributed by atoms with E-state index in [1.807, 2.05) is 0 Å². The van der Waals surface area contributed by atoms with Crippen LogP contribution in [-0.2, 0) is 86.0 Å². The van der Waals surface area contributed by atoms with Crippen molar-refractivity contribution in [1.29, 1.82) is 0 Å². The van der Waals surface area contributed by atoms with E-state index in [4.69, 9.17) is 28.4 Å². The molecule has 0 radical (unpaired) electrons. The van der Waals surface area contributed by atoms with E-state index in [0.717, 1.165) is 64.8 Å². The molecule has 0 bridgehead atoms. The highest BCUT2D eigenvalue weighted by Crippen LogP contribution is 2.26. The number of hydrogen-bond donors (Lipinski definition) is 6. The van der Waals surface area contributed by atoms with Gasteiger partial charge < -0.3 is 60.3 Å². The third kappa shape index (κ3) is 31.5. The molecule has 24 nitrogen and oxygen atoms in total. The van der Waals surface area contributed by atoms with Gasteiger partial charge in [-0.25, -0.2) is 28.8 Å². The van der Waals surface area contributed by atoms with Crippen molar-refractivity contribution in [2.45, 2.75) is 133 Å². The average molecular weight is 1180 g/mol. The summed E-state index contributed by atoms with van der Waals surface area (Å²) in [5.41, 5.74) is 0. The summed E-state index contributed by atoms with van der Waals surface area (Å²) in [5.74, 6) is -6.34. The lowest BCUT2D eigenvalue weighted by molar-refractivity contribution is -0.144. The molecular weight excluding hydrogens is 1100 g/mol. The van der Waals surface area contributed by atoms with Gasteiger partial charge in [-0.2, -0.15) is 0 Å². The highest BCUT2D eigenvalue weighted by atomic mass is 33.1. The molecule has 1 aliphatic heterocycles. The minimum Gasteiger partial charge on any atom is -0.467 e. The maximum Gasteiger partial charge on any atom is 0.329 e. The molecule has 6 N–H and O–H groups in total. The molecule has 1 fully saturated rings. The minimum atomic E-state index is -1.03. The van der Waals surface area contributed by atoms with E-state index in [0.29, 0.717) is 57.8 Å². The number of methoxy groups -OCH3 is 6. The summed E-state index contributed by atoms with van der Waals surface area (Å²) in [6.45, 7) is 0. The lowest BCUT2D eigenvalue weighted by Crippen LogP contribution is -2.44. The second-order valence-electron chi connectivity index (χ2n) is 16.2. The van der Waals surface area contributed by atoms with Crippen molar-refractivity contribution in [3.63, 3.8) is 0 Å². The molecule has 0 unspecified atom stereocenters. The molecule has 1 heterocycles. The first-order chi connectivity index (χ1) is 35.9. The third-order valence-electron chi connectivity index (χ3n) is 10.5. The quantitative estimate of drug-likeness (QED) is 0.126. The van der Waals surface area contributed by atoms with E-state index in [-0.39, 0.29) is 73.0 Å². The van der Waals surface area contributed by atoms with E-state index in [2.05, 4.69) is 31.9 Å². The third-order valence-corrected chi connectivity index (χ3v) is 17.8. The van der Waals surface area contributed by atoms with Gasteiger partial charge >= 0.3 is 35.8 Å². The molecule has 30 heteroatoms. The van der Waals surface area contributed by atoms with E-state index in [1.165, 1.54) is 42.7 Å². The van der Waals surface area contributed by atoms with Crippen molar-refractivity contribution in [2.24, 2.45) is 0 Å². The van der Waals surface area contributed by atoms with Gasteiger partial charge in [-0.3, -0.25) is 28.8 Å². The average Bonchev–Trinajstić information content (AvgIpc) is 3.39. The fraction of sp³-hybridized carbons (Fsp3) is 0.733. The highest BCUT2D eigenvalue weighted by molar-refractivity contribution is 8.77. The van der Waals surface area contributed by atoms with Crippen molar-refractivity contribution >= 4 is 136 Å². The van der Waals surface area contributed by atoms with E-state index < -0.39 is 108 Å². The number of ether oxygens (including phenoxy) is 6. The van der Waals surface area contributed by atoms with Gasteiger partial charge in [-0.1, -0.05) is 84.0 Å². The van der Waals surface area contributed by atoms with Crippen LogP contribution < -0.4 is 31.9 Å². The molecule has 1 saturated heterocycles. The standard InChI is InChI=1S/C45H72N6O18S6/c1-64-40(58)28-22-70-71-23-29(41(59)65-2)47-35(53)18-12-8-13-19-37(55)49-32(44(62)68-5)26-74-75-27-33(45(63)69-6)51-39(57)21-15-9-14-20-38(56)50-31(43(61)67-4)25-73-72-24-30(42(60)66-3)48-36(54)17-11-7-10-16-34(52)46-28/h28-33H,7-27H2,1-6H3,(H,46,52)(H,47,53)(H,48,54)(H,49,55)(H,50,56)(H,51,57)/t28-,29-,30-,31-,32-,33-/m0/s1. The van der Waals surface area contributed by atoms with Gasteiger partial charge in [0.25, 0.3) is 0 Å². The van der Waals surface area contributed by atoms with Crippen molar-refractivity contribution in [3.05, 3.63) is 0 Å². The van der Waals surface area contributed by atoms with Crippen LogP contribution in [0, 0.1) is 0 Å². The molecule has 0 aromatic rings. The Labute approximate surface area is 461 Å². The van der Waals surface area contributed by atoms with Gasteiger partial charge in [-0.05, 0) is 38.5 Å². The van der Waals surface area contributed by atoms with Crippen molar-refractivity contribution in [2.75, 3.05) is 77.2 Å². The van der Waals surface area contributed by atoms with Crippen LogP contribution in [0.15, 0.2) is 0 Å². The van der Waals surface area contributed by atoms with Gasteiger partial charge in [0.15, 0.2) is 0 Å². The molecule has 0 aromatic heterocycles. The second kappa shape index (κ2) is 41.8. The summed E-state index contributed by atoms with van der Waals surface area (Å²) in [6.07, 6.45) is 3.91. The Morgan fingerprint density at radius 3 is 0.533 bits per heavy atom. The number of rotatable bonds is 6.